The molecule has 1 saturated carbocycles. The molecule has 5 unspecified atom stereocenters. The summed E-state index contributed by atoms with van der Waals surface area (Å²) in [5.41, 5.74) is 2.03. The Labute approximate surface area is 215 Å². The van der Waals surface area contributed by atoms with Crippen molar-refractivity contribution in [3.05, 3.63) is 47.6 Å². The maximum absolute atomic E-state index is 12.4. The molecule has 7 heteroatoms. The Balaban J connectivity index is 1.58. The molecule has 0 radical (unpaired) electrons. The topological polar surface area (TPSA) is 60.5 Å². The summed E-state index contributed by atoms with van der Waals surface area (Å²) in [5, 5.41) is 0. The molecule has 0 spiro atoms. The van der Waals surface area contributed by atoms with Crippen molar-refractivity contribution in [2.24, 2.45) is 0 Å². The van der Waals surface area contributed by atoms with Gasteiger partial charge < -0.3 is 14.4 Å². The predicted molar refractivity (Wildman–Crippen MR) is 141 cm³/mol. The van der Waals surface area contributed by atoms with Gasteiger partial charge in [0.2, 0.25) is 0 Å². The highest BCUT2D eigenvalue weighted by atomic mass is 35.5. The van der Waals surface area contributed by atoms with Crippen LogP contribution in [-0.2, 0) is 24.0 Å². The van der Waals surface area contributed by atoms with Gasteiger partial charge in [-0.1, -0.05) is 36.6 Å². The van der Waals surface area contributed by atoms with Gasteiger partial charge in [0.1, 0.15) is 5.60 Å². The summed E-state index contributed by atoms with van der Waals surface area (Å²) < 4.78 is 12.5. The minimum absolute atomic E-state index is 0.136. The number of hydrogen-bond donors (Lipinski definition) is 0. The van der Waals surface area contributed by atoms with Gasteiger partial charge in [-0.25, -0.2) is 4.79 Å². The molecule has 0 bridgehead atoms. The zero-order valence-corrected chi connectivity index (χ0v) is 22.6. The number of benzene rings is 1. The summed E-state index contributed by atoms with van der Waals surface area (Å²) in [6.07, 6.45) is 9.23. The normalized spacial score (nSPS) is 29.0. The van der Waals surface area contributed by atoms with Crippen LogP contribution in [0.2, 0.25) is 0 Å². The van der Waals surface area contributed by atoms with E-state index in [-0.39, 0.29) is 29.8 Å². The molecule has 5 atom stereocenters. The Morgan fingerprint density at radius 3 is 2.60 bits per heavy atom. The minimum Gasteiger partial charge on any atom is -0.378 e. The predicted octanol–water partition coefficient (Wildman–Crippen LogP) is 6.08. The number of nitrogens with zero attached hydrogens (tertiary/aromatic N) is 1. The van der Waals surface area contributed by atoms with Crippen LogP contribution in [0, 0.1) is 0 Å². The fourth-order valence-corrected chi connectivity index (χ4v) is 4.83. The van der Waals surface area contributed by atoms with Gasteiger partial charge >= 0.3 is 5.97 Å². The SMILES string of the molecule is CC(C)=CCC1OC1(C)C(C)OC1CCCCC1(CCl)OOC(=O)/C=C/c1ccc(N(C)C)cc1. The second-order valence-corrected chi connectivity index (χ2v) is 10.6. The lowest BCUT2D eigenvalue weighted by Gasteiger charge is -2.41. The van der Waals surface area contributed by atoms with Gasteiger partial charge in [-0.3, -0.25) is 4.89 Å². The summed E-state index contributed by atoms with van der Waals surface area (Å²) in [4.78, 5) is 25.4. The van der Waals surface area contributed by atoms with Gasteiger partial charge in [0, 0.05) is 25.9 Å². The molecule has 1 saturated heterocycles. The van der Waals surface area contributed by atoms with Crippen LogP contribution in [0.15, 0.2) is 42.0 Å². The summed E-state index contributed by atoms with van der Waals surface area (Å²) in [6.45, 7) is 8.30. The molecule has 2 aliphatic rings. The number of ether oxygens (including phenoxy) is 2. The molecular formula is C28H40ClNO5. The molecule has 1 aromatic carbocycles. The summed E-state index contributed by atoms with van der Waals surface area (Å²) in [5.74, 6) is -0.408. The average Bonchev–Trinajstić information content (AvgIpc) is 3.52. The molecule has 3 rings (SSSR count). The van der Waals surface area contributed by atoms with Crippen LogP contribution in [0.25, 0.3) is 6.08 Å². The van der Waals surface area contributed by atoms with Crippen molar-refractivity contribution in [3.8, 4) is 0 Å². The Morgan fingerprint density at radius 2 is 1.97 bits per heavy atom. The number of epoxide rings is 1. The van der Waals surface area contributed by atoms with Crippen LogP contribution in [0.3, 0.4) is 0 Å². The van der Waals surface area contributed by atoms with E-state index in [1.807, 2.05) is 50.2 Å². The molecule has 1 aromatic rings. The first-order valence-electron chi connectivity index (χ1n) is 12.5. The van der Waals surface area contributed by atoms with Crippen molar-refractivity contribution < 1.29 is 24.0 Å². The Morgan fingerprint density at radius 1 is 1.26 bits per heavy atom. The Kier molecular flexibility index (Phi) is 9.44. The molecule has 2 fully saturated rings. The Hall–Kier alpha value is -1.86. The number of halogens is 1. The number of rotatable bonds is 11. The van der Waals surface area contributed by atoms with E-state index in [2.05, 4.69) is 26.8 Å². The van der Waals surface area contributed by atoms with Gasteiger partial charge in [0.25, 0.3) is 0 Å². The molecule has 1 heterocycles. The monoisotopic (exact) mass is 505 g/mol. The lowest BCUT2D eigenvalue weighted by Crippen LogP contribution is -2.53. The smallest absolute Gasteiger partial charge is 0.365 e. The molecule has 194 valence electrons. The molecular weight excluding hydrogens is 466 g/mol. The van der Waals surface area contributed by atoms with Crippen molar-refractivity contribution in [2.45, 2.75) is 89.3 Å². The number of anilines is 1. The van der Waals surface area contributed by atoms with Crippen molar-refractivity contribution in [1.29, 1.82) is 0 Å². The van der Waals surface area contributed by atoms with Gasteiger partial charge in [0.05, 0.1) is 24.2 Å². The quantitative estimate of drug-likeness (QED) is 0.0906. The first-order valence-corrected chi connectivity index (χ1v) is 13.0. The van der Waals surface area contributed by atoms with Gasteiger partial charge in [-0.15, -0.1) is 11.6 Å². The summed E-state index contributed by atoms with van der Waals surface area (Å²) >= 11 is 6.40. The summed E-state index contributed by atoms with van der Waals surface area (Å²) in [6, 6.07) is 7.86. The second-order valence-electron chi connectivity index (χ2n) is 10.3. The third-order valence-corrected chi connectivity index (χ3v) is 7.59. The first kappa shape index (κ1) is 27.7. The molecule has 6 nitrogen and oxygen atoms in total. The van der Waals surface area contributed by atoms with E-state index in [4.69, 9.17) is 30.8 Å². The van der Waals surface area contributed by atoms with Crippen LogP contribution in [0.4, 0.5) is 5.69 Å². The van der Waals surface area contributed by atoms with E-state index in [0.29, 0.717) is 6.42 Å². The van der Waals surface area contributed by atoms with Crippen LogP contribution in [-0.4, -0.2) is 55.5 Å². The van der Waals surface area contributed by atoms with E-state index < -0.39 is 11.6 Å². The van der Waals surface area contributed by atoms with E-state index in [0.717, 1.165) is 36.9 Å². The van der Waals surface area contributed by atoms with Crippen molar-refractivity contribution >= 4 is 29.3 Å². The number of carbonyl (C=O) groups is 1. The molecule has 1 aliphatic carbocycles. The lowest BCUT2D eigenvalue weighted by molar-refractivity contribution is -0.354. The fraction of sp³-hybridized carbons (Fsp3) is 0.607. The van der Waals surface area contributed by atoms with E-state index in [9.17, 15) is 4.79 Å². The van der Waals surface area contributed by atoms with Gasteiger partial charge in [-0.2, -0.15) is 4.89 Å². The van der Waals surface area contributed by atoms with Gasteiger partial charge in [0.15, 0.2) is 5.60 Å². The highest BCUT2D eigenvalue weighted by Gasteiger charge is 2.57. The van der Waals surface area contributed by atoms with E-state index >= 15 is 0 Å². The zero-order valence-electron chi connectivity index (χ0n) is 21.9. The standard InChI is InChI=1S/C28H40ClNO5/c1-20(2)10-16-24-27(4,33-24)21(3)32-25-9-7-8-18-28(25,19-29)35-34-26(31)17-13-22-11-14-23(15-12-22)30(5)6/h10-15,17,21,24-25H,7-9,16,18-19H2,1-6H3/b17-13+. The van der Waals surface area contributed by atoms with Crippen LogP contribution < -0.4 is 4.90 Å². The molecule has 1 aliphatic heterocycles. The van der Waals surface area contributed by atoms with E-state index in [1.165, 1.54) is 11.6 Å². The lowest BCUT2D eigenvalue weighted by atomic mass is 9.83. The van der Waals surface area contributed by atoms with Crippen molar-refractivity contribution in [1.82, 2.24) is 0 Å². The Bertz CT molecular complexity index is 910. The van der Waals surface area contributed by atoms with Crippen LogP contribution in [0.5, 0.6) is 0 Å². The molecule has 0 amide bonds. The highest BCUT2D eigenvalue weighted by molar-refractivity contribution is 6.18. The molecule has 35 heavy (non-hydrogen) atoms. The minimum atomic E-state index is -0.883. The number of allylic oxidation sites excluding steroid dienone is 1. The number of carbonyl (C=O) groups excluding carboxylic acids is 1. The van der Waals surface area contributed by atoms with Crippen LogP contribution in [0.1, 0.15) is 65.4 Å². The largest absolute Gasteiger partial charge is 0.378 e. The number of hydrogen-bond acceptors (Lipinski definition) is 6. The number of alkyl halides is 1. The zero-order chi connectivity index (χ0) is 25.6. The second kappa shape index (κ2) is 11.9. The highest BCUT2D eigenvalue weighted by Crippen LogP contribution is 2.45. The fourth-order valence-electron chi connectivity index (χ4n) is 4.48. The third kappa shape index (κ3) is 7.10. The van der Waals surface area contributed by atoms with Crippen molar-refractivity contribution in [3.63, 3.8) is 0 Å². The molecule has 0 N–H and O–H groups in total. The van der Waals surface area contributed by atoms with Crippen molar-refractivity contribution in [2.75, 3.05) is 24.9 Å². The summed E-state index contributed by atoms with van der Waals surface area (Å²) in [7, 11) is 3.96. The van der Waals surface area contributed by atoms with Crippen LogP contribution >= 0.6 is 11.6 Å². The first-order chi connectivity index (χ1) is 16.6. The third-order valence-electron chi connectivity index (χ3n) is 7.13. The average molecular weight is 506 g/mol. The maximum Gasteiger partial charge on any atom is 0.365 e. The van der Waals surface area contributed by atoms with Gasteiger partial charge in [-0.05, 0) is 70.7 Å². The maximum atomic E-state index is 12.4. The van der Waals surface area contributed by atoms with E-state index in [1.54, 1.807) is 6.08 Å². The molecule has 0 aromatic heterocycles.